The zero-order chi connectivity index (χ0) is 21.9. The molecule has 1 amide bonds. The normalized spacial score (nSPS) is 12.5. The van der Waals surface area contributed by atoms with Crippen LogP contribution in [0.15, 0.2) is 46.8 Å². The molecular formula is C19H18Cl2N4O3S2. The molecule has 0 spiro atoms. The summed E-state index contributed by atoms with van der Waals surface area (Å²) >= 11 is 12.6. The lowest BCUT2D eigenvalue weighted by atomic mass is 10.0. The van der Waals surface area contributed by atoms with Crippen LogP contribution in [-0.4, -0.2) is 24.5 Å². The molecular weight excluding hydrogens is 467 g/mol. The highest BCUT2D eigenvalue weighted by atomic mass is 35.5. The van der Waals surface area contributed by atoms with E-state index < -0.39 is 22.0 Å². The largest absolute Gasteiger partial charge is 0.296 e. The predicted molar refractivity (Wildman–Crippen MR) is 119 cm³/mol. The Balaban J connectivity index is 1.77. The van der Waals surface area contributed by atoms with E-state index in [1.165, 1.54) is 18.2 Å². The molecule has 0 unspecified atom stereocenters. The van der Waals surface area contributed by atoms with Gasteiger partial charge in [-0.1, -0.05) is 65.7 Å². The van der Waals surface area contributed by atoms with Crippen molar-refractivity contribution in [1.82, 2.24) is 14.9 Å². The molecule has 11 heteroatoms. The number of amides is 1. The summed E-state index contributed by atoms with van der Waals surface area (Å²) < 4.78 is 28.0. The number of nitrogens with one attached hydrogen (secondary N) is 2. The van der Waals surface area contributed by atoms with E-state index in [-0.39, 0.29) is 20.1 Å². The van der Waals surface area contributed by atoms with Crippen molar-refractivity contribution in [2.24, 2.45) is 0 Å². The van der Waals surface area contributed by atoms with Crippen LogP contribution in [-0.2, 0) is 10.0 Å². The zero-order valence-electron chi connectivity index (χ0n) is 16.0. The smallest absolute Gasteiger partial charge is 0.270 e. The third-order valence-corrected chi connectivity index (χ3v) is 7.53. The van der Waals surface area contributed by atoms with Gasteiger partial charge in [0, 0.05) is 11.1 Å². The molecule has 3 rings (SSSR count). The summed E-state index contributed by atoms with van der Waals surface area (Å²) in [6.45, 7) is 3.81. The Morgan fingerprint density at radius 1 is 1.17 bits per heavy atom. The topological polar surface area (TPSA) is 101 Å². The number of halogens is 2. The van der Waals surface area contributed by atoms with Crippen molar-refractivity contribution >= 4 is 55.6 Å². The molecule has 3 aromatic rings. The van der Waals surface area contributed by atoms with E-state index in [1.807, 2.05) is 38.1 Å². The number of carbonyl (C=O) groups is 1. The fraction of sp³-hybridized carbons (Fsp3) is 0.211. The Bertz CT molecular complexity index is 1180. The summed E-state index contributed by atoms with van der Waals surface area (Å²) in [5, 5.41) is 10.6. The second-order valence-electron chi connectivity index (χ2n) is 6.39. The summed E-state index contributed by atoms with van der Waals surface area (Å²) in [5.74, 6) is -0.545. The number of aromatic nitrogens is 2. The third kappa shape index (κ3) is 5.16. The maximum absolute atomic E-state index is 12.8. The van der Waals surface area contributed by atoms with E-state index in [0.29, 0.717) is 11.4 Å². The second-order valence-corrected chi connectivity index (χ2v) is 10.1. The Kier molecular flexibility index (Phi) is 7.10. The van der Waals surface area contributed by atoms with Gasteiger partial charge in [-0.05, 0) is 42.7 Å². The Hall–Kier alpha value is -2.04. The van der Waals surface area contributed by atoms with E-state index >= 15 is 0 Å². The van der Waals surface area contributed by atoms with E-state index in [1.54, 1.807) is 0 Å². The first-order chi connectivity index (χ1) is 14.2. The first kappa shape index (κ1) is 22.6. The molecule has 0 aliphatic carbocycles. The van der Waals surface area contributed by atoms with Gasteiger partial charge in [0.05, 0.1) is 10.6 Å². The van der Waals surface area contributed by atoms with Crippen molar-refractivity contribution in [3.63, 3.8) is 0 Å². The molecule has 2 aromatic carbocycles. The second kappa shape index (κ2) is 9.40. The summed E-state index contributed by atoms with van der Waals surface area (Å²) in [4.78, 5) is 12.4. The summed E-state index contributed by atoms with van der Waals surface area (Å²) in [7, 11) is -3.93. The van der Waals surface area contributed by atoms with Gasteiger partial charge in [0.2, 0.25) is 9.47 Å². The van der Waals surface area contributed by atoms with Crippen molar-refractivity contribution < 1.29 is 13.2 Å². The number of anilines is 1. The fourth-order valence-corrected chi connectivity index (χ4v) is 5.49. The highest BCUT2D eigenvalue weighted by Crippen LogP contribution is 2.27. The van der Waals surface area contributed by atoms with Gasteiger partial charge in [-0.3, -0.25) is 10.1 Å². The molecule has 0 radical (unpaired) electrons. The van der Waals surface area contributed by atoms with Crippen LogP contribution in [0.2, 0.25) is 10.0 Å². The minimum absolute atomic E-state index is 0.0373. The highest BCUT2D eigenvalue weighted by molar-refractivity contribution is 7.91. The highest BCUT2D eigenvalue weighted by Gasteiger charge is 2.26. The first-order valence-corrected chi connectivity index (χ1v) is 11.9. The average molecular weight is 485 g/mol. The van der Waals surface area contributed by atoms with Gasteiger partial charge >= 0.3 is 0 Å². The summed E-state index contributed by atoms with van der Waals surface area (Å²) in [6, 6.07) is 11.6. The molecule has 158 valence electrons. The van der Waals surface area contributed by atoms with Crippen molar-refractivity contribution in [3.05, 3.63) is 69.2 Å². The van der Waals surface area contributed by atoms with Crippen molar-refractivity contribution in [2.45, 2.75) is 30.6 Å². The SMILES string of the molecule is CC[C@@H](NS(=O)(=O)c1nnc(NC(=O)c2ccc(Cl)cc2Cl)s1)c1ccccc1C. The maximum Gasteiger partial charge on any atom is 0.270 e. The number of sulfonamides is 1. The number of nitrogens with zero attached hydrogens (tertiary/aromatic N) is 2. The lowest BCUT2D eigenvalue weighted by Gasteiger charge is -2.18. The monoisotopic (exact) mass is 484 g/mol. The Morgan fingerprint density at radius 2 is 1.90 bits per heavy atom. The molecule has 2 N–H and O–H groups in total. The maximum atomic E-state index is 12.8. The Morgan fingerprint density at radius 3 is 2.57 bits per heavy atom. The Labute approximate surface area is 188 Å². The molecule has 30 heavy (non-hydrogen) atoms. The molecule has 1 heterocycles. The molecule has 1 aromatic heterocycles. The molecule has 0 saturated carbocycles. The molecule has 0 aliphatic rings. The zero-order valence-corrected chi connectivity index (χ0v) is 19.2. The number of hydrogen-bond donors (Lipinski definition) is 2. The number of aryl methyl sites for hydroxylation is 1. The van der Waals surface area contributed by atoms with Gasteiger partial charge in [0.1, 0.15) is 0 Å². The van der Waals surface area contributed by atoms with Gasteiger partial charge in [0.15, 0.2) is 0 Å². The lowest BCUT2D eigenvalue weighted by Crippen LogP contribution is -2.28. The molecule has 0 bridgehead atoms. The molecule has 7 nitrogen and oxygen atoms in total. The number of rotatable bonds is 7. The van der Waals surface area contributed by atoms with Crippen molar-refractivity contribution in [1.29, 1.82) is 0 Å². The quantitative estimate of drug-likeness (QED) is 0.467. The van der Waals surface area contributed by atoms with Crippen LogP contribution in [0.4, 0.5) is 5.13 Å². The van der Waals surface area contributed by atoms with Crippen LogP contribution in [0.1, 0.15) is 40.9 Å². The number of benzene rings is 2. The van der Waals surface area contributed by atoms with Crippen LogP contribution < -0.4 is 10.0 Å². The summed E-state index contributed by atoms with van der Waals surface area (Å²) in [6.07, 6.45) is 0.557. The van der Waals surface area contributed by atoms with Crippen LogP contribution in [0, 0.1) is 6.92 Å². The predicted octanol–water partition coefficient (Wildman–Crippen LogP) is 4.84. The van der Waals surface area contributed by atoms with E-state index in [9.17, 15) is 13.2 Å². The van der Waals surface area contributed by atoms with Crippen LogP contribution >= 0.6 is 34.5 Å². The van der Waals surface area contributed by atoms with Crippen LogP contribution in [0.25, 0.3) is 0 Å². The van der Waals surface area contributed by atoms with Gasteiger partial charge in [0.25, 0.3) is 15.9 Å². The fourth-order valence-electron chi connectivity index (χ4n) is 2.79. The molecule has 0 saturated heterocycles. The molecule has 0 fully saturated rings. The van der Waals surface area contributed by atoms with Crippen LogP contribution in [0.5, 0.6) is 0 Å². The van der Waals surface area contributed by atoms with Gasteiger partial charge < -0.3 is 0 Å². The molecule has 1 atom stereocenters. The minimum Gasteiger partial charge on any atom is -0.296 e. The minimum atomic E-state index is -3.93. The van der Waals surface area contributed by atoms with Crippen LogP contribution in [0.3, 0.4) is 0 Å². The van der Waals surface area contributed by atoms with Crippen molar-refractivity contribution in [2.75, 3.05) is 5.32 Å². The summed E-state index contributed by atoms with van der Waals surface area (Å²) in [5.41, 5.74) is 2.06. The number of carbonyl (C=O) groups excluding carboxylic acids is 1. The first-order valence-electron chi connectivity index (χ1n) is 8.89. The van der Waals surface area contributed by atoms with Gasteiger partial charge in [-0.15, -0.1) is 10.2 Å². The number of hydrogen-bond acceptors (Lipinski definition) is 6. The standard InChI is InChI=1S/C19H18Cl2N4O3S2/c1-3-16(13-7-5-4-6-11(13)2)25-30(27,28)19-24-23-18(29-19)22-17(26)14-9-8-12(20)10-15(14)21/h4-10,16,25H,3H2,1-2H3,(H,22,23,26)/t16-/m1/s1. The average Bonchev–Trinajstić information content (AvgIpc) is 3.16. The van der Waals surface area contributed by atoms with E-state index in [2.05, 4.69) is 20.2 Å². The van der Waals surface area contributed by atoms with E-state index in [4.69, 9.17) is 23.2 Å². The van der Waals surface area contributed by atoms with Crippen molar-refractivity contribution in [3.8, 4) is 0 Å². The van der Waals surface area contributed by atoms with Gasteiger partial charge in [-0.25, -0.2) is 13.1 Å². The lowest BCUT2D eigenvalue weighted by molar-refractivity contribution is 0.102. The molecule has 0 aliphatic heterocycles. The third-order valence-electron chi connectivity index (χ3n) is 4.30. The van der Waals surface area contributed by atoms with Gasteiger partial charge in [-0.2, -0.15) is 0 Å². The van der Waals surface area contributed by atoms with E-state index in [0.717, 1.165) is 22.5 Å².